The Morgan fingerprint density at radius 3 is 1.89 bits per heavy atom. The zero-order valence-electron chi connectivity index (χ0n) is 5.25. The normalized spacial score (nSPS) is 11.4. The summed E-state index contributed by atoms with van der Waals surface area (Å²) in [6.07, 6.45) is 1.66. The lowest BCUT2D eigenvalue weighted by atomic mass is 10.0. The van der Waals surface area contributed by atoms with Gasteiger partial charge in [0.1, 0.15) is 5.60 Å². The van der Waals surface area contributed by atoms with Gasteiger partial charge in [0.2, 0.25) is 0 Å². The van der Waals surface area contributed by atoms with Gasteiger partial charge in [0.15, 0.2) is 0 Å². The number of aliphatic hydroxyl groups excluding tert-OH is 2. The topological polar surface area (TPSA) is 60.7 Å². The minimum Gasteiger partial charge on any atom is -0.393 e. The molecule has 0 amide bonds. The summed E-state index contributed by atoms with van der Waals surface area (Å²) in [5, 5.41) is 26.0. The summed E-state index contributed by atoms with van der Waals surface area (Å²) in [6, 6.07) is 0. The Morgan fingerprint density at radius 1 is 1.33 bits per heavy atom. The van der Waals surface area contributed by atoms with Crippen molar-refractivity contribution < 1.29 is 15.3 Å². The lowest BCUT2D eigenvalue weighted by Crippen LogP contribution is -2.36. The van der Waals surface area contributed by atoms with E-state index < -0.39 is 18.8 Å². The molecule has 0 saturated carbocycles. The van der Waals surface area contributed by atoms with Crippen LogP contribution in [0.15, 0.2) is 12.7 Å². The highest BCUT2D eigenvalue weighted by Gasteiger charge is 2.22. The molecule has 0 aromatic rings. The highest BCUT2D eigenvalue weighted by Crippen LogP contribution is 2.07. The van der Waals surface area contributed by atoms with E-state index in [1.165, 1.54) is 6.08 Å². The fourth-order valence-electron chi connectivity index (χ4n) is 0.448. The van der Waals surface area contributed by atoms with Crippen LogP contribution in [0.2, 0.25) is 0 Å². The molecule has 0 fully saturated rings. The highest BCUT2D eigenvalue weighted by atomic mass is 16.4. The van der Waals surface area contributed by atoms with E-state index in [0.29, 0.717) is 0 Å². The van der Waals surface area contributed by atoms with Gasteiger partial charge in [0.25, 0.3) is 0 Å². The molecule has 0 atom stereocenters. The van der Waals surface area contributed by atoms with Crippen LogP contribution in [-0.2, 0) is 0 Å². The molecular weight excluding hydrogens is 120 g/mol. The molecule has 0 aromatic heterocycles. The molecule has 0 radical (unpaired) electrons. The van der Waals surface area contributed by atoms with Crippen molar-refractivity contribution in [1.29, 1.82) is 0 Å². The maximum atomic E-state index is 9.06. The number of aliphatic hydroxyl groups is 3. The van der Waals surface area contributed by atoms with Gasteiger partial charge < -0.3 is 15.3 Å². The van der Waals surface area contributed by atoms with Gasteiger partial charge in [-0.3, -0.25) is 0 Å². The van der Waals surface area contributed by atoms with Gasteiger partial charge in [-0.1, -0.05) is 6.08 Å². The summed E-state index contributed by atoms with van der Waals surface area (Å²) in [6.45, 7) is 2.49. The third-order valence-corrected chi connectivity index (χ3v) is 1.11. The van der Waals surface area contributed by atoms with Crippen LogP contribution in [0.1, 0.15) is 6.42 Å². The van der Waals surface area contributed by atoms with Gasteiger partial charge in [-0.15, -0.1) is 6.58 Å². The molecule has 0 aromatic carbocycles. The fourth-order valence-corrected chi connectivity index (χ4v) is 0.448. The summed E-state index contributed by atoms with van der Waals surface area (Å²) < 4.78 is 0. The smallest absolute Gasteiger partial charge is 0.114 e. The van der Waals surface area contributed by atoms with E-state index in [9.17, 15) is 0 Å². The lowest BCUT2D eigenvalue weighted by molar-refractivity contribution is -0.0520. The Balaban J connectivity index is 3.75. The molecule has 0 heterocycles. The minimum absolute atomic E-state index is 0.208. The first kappa shape index (κ1) is 8.62. The van der Waals surface area contributed by atoms with Gasteiger partial charge >= 0.3 is 0 Å². The Kier molecular flexibility index (Phi) is 3.46. The second-order valence-electron chi connectivity index (χ2n) is 2.03. The molecule has 3 nitrogen and oxygen atoms in total. The molecule has 0 aliphatic carbocycles. The van der Waals surface area contributed by atoms with Gasteiger partial charge in [-0.05, 0) is 6.42 Å². The molecule has 0 unspecified atom stereocenters. The maximum absolute atomic E-state index is 9.06. The van der Waals surface area contributed by atoms with Gasteiger partial charge in [-0.2, -0.15) is 0 Å². The first-order chi connectivity index (χ1) is 4.18. The Hall–Kier alpha value is -0.380. The average Bonchev–Trinajstić information content (AvgIpc) is 1.89. The SMILES string of the molecule is C=CCC(O)(CO)CO. The van der Waals surface area contributed by atoms with E-state index in [4.69, 9.17) is 15.3 Å². The molecule has 0 rings (SSSR count). The molecule has 3 N–H and O–H groups in total. The monoisotopic (exact) mass is 132 g/mol. The summed E-state index contributed by atoms with van der Waals surface area (Å²) >= 11 is 0. The molecule has 9 heavy (non-hydrogen) atoms. The second kappa shape index (κ2) is 3.61. The summed E-state index contributed by atoms with van der Waals surface area (Å²) in [7, 11) is 0. The average molecular weight is 132 g/mol. The van der Waals surface area contributed by atoms with E-state index in [1.54, 1.807) is 0 Å². The molecule has 0 aliphatic heterocycles. The molecule has 0 bridgehead atoms. The predicted molar refractivity (Wildman–Crippen MR) is 33.9 cm³/mol. The van der Waals surface area contributed by atoms with Crippen LogP contribution < -0.4 is 0 Å². The molecule has 3 heteroatoms. The first-order valence-corrected chi connectivity index (χ1v) is 2.73. The summed E-state index contributed by atoms with van der Waals surface area (Å²) in [4.78, 5) is 0. The van der Waals surface area contributed by atoms with Gasteiger partial charge in [0, 0.05) is 0 Å². The van der Waals surface area contributed by atoms with Crippen LogP contribution in [-0.4, -0.2) is 34.1 Å². The Labute approximate surface area is 54.3 Å². The minimum atomic E-state index is -1.37. The molecular formula is C6H12O3. The van der Waals surface area contributed by atoms with Gasteiger partial charge in [0.05, 0.1) is 13.2 Å². The molecule has 0 spiro atoms. The number of hydrogen-bond acceptors (Lipinski definition) is 3. The lowest BCUT2D eigenvalue weighted by Gasteiger charge is -2.20. The zero-order valence-corrected chi connectivity index (χ0v) is 5.25. The van der Waals surface area contributed by atoms with Crippen molar-refractivity contribution in [3.63, 3.8) is 0 Å². The first-order valence-electron chi connectivity index (χ1n) is 2.73. The van der Waals surface area contributed by atoms with E-state index in [0.717, 1.165) is 0 Å². The fraction of sp³-hybridized carbons (Fsp3) is 0.667. The Morgan fingerprint density at radius 2 is 1.78 bits per heavy atom. The maximum Gasteiger partial charge on any atom is 0.114 e. The van der Waals surface area contributed by atoms with Crippen LogP contribution in [0.25, 0.3) is 0 Å². The van der Waals surface area contributed by atoms with Crippen LogP contribution in [0, 0.1) is 0 Å². The molecule has 0 aliphatic rings. The quantitative estimate of drug-likeness (QED) is 0.442. The largest absolute Gasteiger partial charge is 0.393 e. The predicted octanol–water partition coefficient (Wildman–Crippen LogP) is -0.722. The van der Waals surface area contributed by atoms with Crippen molar-refractivity contribution in [3.8, 4) is 0 Å². The number of rotatable bonds is 4. The van der Waals surface area contributed by atoms with Crippen LogP contribution >= 0.6 is 0 Å². The second-order valence-corrected chi connectivity index (χ2v) is 2.03. The molecule has 54 valence electrons. The van der Waals surface area contributed by atoms with Crippen LogP contribution in [0.5, 0.6) is 0 Å². The zero-order chi connectivity index (χ0) is 7.33. The summed E-state index contributed by atoms with van der Waals surface area (Å²) in [5.41, 5.74) is -1.37. The summed E-state index contributed by atoms with van der Waals surface area (Å²) in [5.74, 6) is 0. The van der Waals surface area contributed by atoms with E-state index in [-0.39, 0.29) is 6.42 Å². The van der Waals surface area contributed by atoms with Crippen molar-refractivity contribution in [1.82, 2.24) is 0 Å². The Bertz CT molecular complexity index is 86.3. The molecule has 0 saturated heterocycles. The standard InChI is InChI=1S/C6H12O3/c1-2-3-6(9,4-7)5-8/h2,7-9H,1,3-5H2. The third-order valence-electron chi connectivity index (χ3n) is 1.11. The van der Waals surface area contributed by atoms with Crippen molar-refractivity contribution in [2.24, 2.45) is 0 Å². The van der Waals surface area contributed by atoms with E-state index in [2.05, 4.69) is 6.58 Å². The van der Waals surface area contributed by atoms with Gasteiger partial charge in [-0.25, -0.2) is 0 Å². The van der Waals surface area contributed by atoms with E-state index in [1.807, 2.05) is 0 Å². The van der Waals surface area contributed by atoms with Crippen molar-refractivity contribution in [2.75, 3.05) is 13.2 Å². The number of hydrogen-bond donors (Lipinski definition) is 3. The highest BCUT2D eigenvalue weighted by molar-refractivity contribution is 4.85. The van der Waals surface area contributed by atoms with Crippen molar-refractivity contribution >= 4 is 0 Å². The van der Waals surface area contributed by atoms with Crippen LogP contribution in [0.4, 0.5) is 0 Å². The third kappa shape index (κ3) is 2.60. The van der Waals surface area contributed by atoms with Crippen molar-refractivity contribution in [3.05, 3.63) is 12.7 Å². The van der Waals surface area contributed by atoms with Crippen LogP contribution in [0.3, 0.4) is 0 Å². The van der Waals surface area contributed by atoms with Crippen molar-refractivity contribution in [2.45, 2.75) is 12.0 Å². The van der Waals surface area contributed by atoms with E-state index >= 15 is 0 Å².